The summed E-state index contributed by atoms with van der Waals surface area (Å²) in [7, 11) is 0. The first-order chi connectivity index (χ1) is 9.15. The molecule has 0 saturated carbocycles. The summed E-state index contributed by atoms with van der Waals surface area (Å²) in [6.07, 6.45) is 0. The van der Waals surface area contributed by atoms with Crippen LogP contribution in [0.4, 0.5) is 5.69 Å². The highest BCUT2D eigenvalue weighted by Crippen LogP contribution is 2.20. The van der Waals surface area contributed by atoms with Crippen molar-refractivity contribution in [3.63, 3.8) is 0 Å². The fourth-order valence-corrected chi connectivity index (χ4v) is 1.83. The van der Waals surface area contributed by atoms with Gasteiger partial charge in [-0.25, -0.2) is 0 Å². The van der Waals surface area contributed by atoms with Crippen molar-refractivity contribution in [3.05, 3.63) is 58.6 Å². The van der Waals surface area contributed by atoms with E-state index in [9.17, 15) is 4.79 Å². The Hall–Kier alpha value is -1.81. The molecule has 0 atom stereocenters. The van der Waals surface area contributed by atoms with Crippen molar-refractivity contribution in [3.8, 4) is 5.75 Å². The molecular weight excluding hydrogens is 306 g/mol. The number of rotatable bonds is 4. The molecule has 0 aliphatic heterocycles. The Morgan fingerprint density at radius 1 is 1.21 bits per heavy atom. The molecule has 1 N–H and O–H groups in total. The summed E-state index contributed by atoms with van der Waals surface area (Å²) in [5, 5.41) is 2.80. The topological polar surface area (TPSA) is 38.3 Å². The minimum absolute atomic E-state index is 0.000868. The van der Waals surface area contributed by atoms with E-state index in [2.05, 4.69) is 21.2 Å². The zero-order chi connectivity index (χ0) is 13.7. The Morgan fingerprint density at radius 3 is 2.63 bits per heavy atom. The number of nitrogens with one attached hydrogen (secondary N) is 1. The minimum Gasteiger partial charge on any atom is -0.484 e. The summed E-state index contributed by atoms with van der Waals surface area (Å²) in [6, 6.07) is 14.9. The van der Waals surface area contributed by atoms with Gasteiger partial charge in [-0.1, -0.05) is 34.1 Å². The molecule has 3 nitrogen and oxygen atoms in total. The second-order valence-corrected chi connectivity index (χ2v) is 4.97. The lowest BCUT2D eigenvalue weighted by Crippen LogP contribution is -2.20. The van der Waals surface area contributed by atoms with E-state index >= 15 is 0 Å². The first-order valence-corrected chi connectivity index (χ1v) is 6.68. The number of ether oxygens (including phenoxy) is 1. The number of anilines is 1. The number of amides is 1. The van der Waals surface area contributed by atoms with Crippen LogP contribution in [-0.4, -0.2) is 12.5 Å². The smallest absolute Gasteiger partial charge is 0.262 e. The number of hydrogen-bond acceptors (Lipinski definition) is 2. The zero-order valence-electron chi connectivity index (χ0n) is 10.5. The number of carbonyl (C=O) groups excluding carboxylic acids is 1. The van der Waals surface area contributed by atoms with Crippen LogP contribution in [0, 0.1) is 6.92 Å². The third kappa shape index (κ3) is 4.10. The fourth-order valence-electron chi connectivity index (χ4n) is 1.59. The summed E-state index contributed by atoms with van der Waals surface area (Å²) in [4.78, 5) is 11.7. The SMILES string of the molecule is Cc1cc(NC(=O)COc2ccccc2)ccc1Br. The van der Waals surface area contributed by atoms with Gasteiger partial charge >= 0.3 is 0 Å². The van der Waals surface area contributed by atoms with Crippen molar-refractivity contribution in [2.75, 3.05) is 11.9 Å². The highest BCUT2D eigenvalue weighted by Gasteiger charge is 2.04. The molecule has 2 rings (SSSR count). The number of hydrogen-bond donors (Lipinski definition) is 1. The maximum absolute atomic E-state index is 11.7. The molecule has 0 radical (unpaired) electrons. The molecule has 0 heterocycles. The molecule has 19 heavy (non-hydrogen) atoms. The number of carbonyl (C=O) groups is 1. The van der Waals surface area contributed by atoms with Crippen LogP contribution in [0.1, 0.15) is 5.56 Å². The van der Waals surface area contributed by atoms with Crippen molar-refractivity contribution < 1.29 is 9.53 Å². The van der Waals surface area contributed by atoms with Gasteiger partial charge in [-0.3, -0.25) is 4.79 Å². The van der Waals surface area contributed by atoms with Crippen LogP contribution in [0.3, 0.4) is 0 Å². The third-order valence-corrected chi connectivity index (χ3v) is 3.44. The monoisotopic (exact) mass is 319 g/mol. The Bertz CT molecular complexity index is 570. The van der Waals surface area contributed by atoms with Crippen LogP contribution in [-0.2, 0) is 4.79 Å². The summed E-state index contributed by atoms with van der Waals surface area (Å²) in [5.74, 6) is 0.509. The van der Waals surface area contributed by atoms with Crippen LogP contribution in [0.2, 0.25) is 0 Å². The highest BCUT2D eigenvalue weighted by molar-refractivity contribution is 9.10. The molecule has 0 saturated heterocycles. The molecule has 2 aromatic rings. The lowest BCUT2D eigenvalue weighted by atomic mass is 10.2. The molecular formula is C15H14BrNO2. The fraction of sp³-hybridized carbons (Fsp3) is 0.133. The predicted molar refractivity (Wildman–Crippen MR) is 79.4 cm³/mol. The van der Waals surface area contributed by atoms with Crippen LogP contribution in [0.5, 0.6) is 5.75 Å². The Kier molecular flexibility index (Phi) is 4.58. The normalized spacial score (nSPS) is 10.0. The summed E-state index contributed by atoms with van der Waals surface area (Å²) in [6.45, 7) is 1.97. The van der Waals surface area contributed by atoms with Crippen LogP contribution >= 0.6 is 15.9 Å². The first-order valence-electron chi connectivity index (χ1n) is 5.89. The lowest BCUT2D eigenvalue weighted by molar-refractivity contribution is -0.118. The summed E-state index contributed by atoms with van der Waals surface area (Å²) < 4.78 is 6.39. The summed E-state index contributed by atoms with van der Waals surface area (Å²) >= 11 is 3.42. The van der Waals surface area contributed by atoms with Gasteiger partial charge in [0.15, 0.2) is 6.61 Å². The third-order valence-electron chi connectivity index (χ3n) is 2.55. The van der Waals surface area contributed by atoms with Gasteiger partial charge in [-0.15, -0.1) is 0 Å². The van der Waals surface area contributed by atoms with E-state index in [1.54, 1.807) is 0 Å². The van der Waals surface area contributed by atoms with Gasteiger partial charge in [0.1, 0.15) is 5.75 Å². The summed E-state index contributed by atoms with van der Waals surface area (Å²) in [5.41, 5.74) is 1.84. The molecule has 4 heteroatoms. The molecule has 0 spiro atoms. The van der Waals surface area contributed by atoms with Gasteiger partial charge in [0.2, 0.25) is 0 Å². The molecule has 0 fully saturated rings. The Morgan fingerprint density at radius 2 is 1.95 bits per heavy atom. The highest BCUT2D eigenvalue weighted by atomic mass is 79.9. The van der Waals surface area contributed by atoms with E-state index in [4.69, 9.17) is 4.74 Å². The van der Waals surface area contributed by atoms with Gasteiger partial charge in [-0.2, -0.15) is 0 Å². The first kappa shape index (κ1) is 13.6. The lowest BCUT2D eigenvalue weighted by Gasteiger charge is -2.08. The maximum atomic E-state index is 11.7. The van der Waals surface area contributed by atoms with Crippen LogP contribution in [0.15, 0.2) is 53.0 Å². The maximum Gasteiger partial charge on any atom is 0.262 e. The van der Waals surface area contributed by atoms with Gasteiger partial charge < -0.3 is 10.1 Å². The molecule has 0 bridgehead atoms. The van der Waals surface area contributed by atoms with Crippen molar-refractivity contribution >= 4 is 27.5 Å². The van der Waals surface area contributed by atoms with Crippen molar-refractivity contribution in [1.82, 2.24) is 0 Å². The van der Waals surface area contributed by atoms with E-state index in [0.29, 0.717) is 5.75 Å². The zero-order valence-corrected chi connectivity index (χ0v) is 12.1. The van der Waals surface area contributed by atoms with Crippen molar-refractivity contribution in [2.24, 2.45) is 0 Å². The second-order valence-electron chi connectivity index (χ2n) is 4.11. The molecule has 1 amide bonds. The van der Waals surface area contributed by atoms with E-state index in [-0.39, 0.29) is 12.5 Å². The number of halogens is 1. The number of benzene rings is 2. The second kappa shape index (κ2) is 6.38. The molecule has 0 aliphatic rings. The van der Waals surface area contributed by atoms with Crippen LogP contribution < -0.4 is 10.1 Å². The van der Waals surface area contributed by atoms with E-state index in [1.807, 2.05) is 55.5 Å². The molecule has 2 aromatic carbocycles. The van der Waals surface area contributed by atoms with Crippen molar-refractivity contribution in [2.45, 2.75) is 6.92 Å². The number of aryl methyl sites for hydroxylation is 1. The Balaban J connectivity index is 1.89. The van der Waals surface area contributed by atoms with E-state index in [0.717, 1.165) is 15.7 Å². The molecule has 0 aliphatic carbocycles. The predicted octanol–water partition coefficient (Wildman–Crippen LogP) is 3.78. The van der Waals surface area contributed by atoms with E-state index in [1.165, 1.54) is 0 Å². The average molecular weight is 320 g/mol. The molecule has 98 valence electrons. The van der Waals surface area contributed by atoms with Gasteiger partial charge in [0, 0.05) is 10.2 Å². The van der Waals surface area contributed by atoms with Crippen molar-refractivity contribution in [1.29, 1.82) is 0 Å². The quantitative estimate of drug-likeness (QED) is 0.931. The van der Waals surface area contributed by atoms with Gasteiger partial charge in [0.05, 0.1) is 0 Å². The van der Waals surface area contributed by atoms with Gasteiger partial charge in [0.25, 0.3) is 5.91 Å². The molecule has 0 aromatic heterocycles. The minimum atomic E-state index is -0.175. The average Bonchev–Trinajstić information content (AvgIpc) is 2.42. The number of para-hydroxylation sites is 1. The standard InChI is InChI=1S/C15H14BrNO2/c1-11-9-12(7-8-14(11)16)17-15(18)10-19-13-5-3-2-4-6-13/h2-9H,10H2,1H3,(H,17,18). The van der Waals surface area contributed by atoms with E-state index < -0.39 is 0 Å². The Labute approximate surface area is 120 Å². The largest absolute Gasteiger partial charge is 0.484 e. The van der Waals surface area contributed by atoms with Crippen LogP contribution in [0.25, 0.3) is 0 Å². The van der Waals surface area contributed by atoms with Gasteiger partial charge in [-0.05, 0) is 42.8 Å². The molecule has 0 unspecified atom stereocenters.